The number of aromatic nitrogens is 2. The molecule has 2 aliphatic rings. The van der Waals surface area contributed by atoms with E-state index in [1.54, 1.807) is 12.3 Å². The number of carbonyl (C=O) groups is 1. The van der Waals surface area contributed by atoms with Gasteiger partial charge in [-0.25, -0.2) is 9.78 Å². The Bertz CT molecular complexity index is 1210. The van der Waals surface area contributed by atoms with E-state index in [9.17, 15) is 9.90 Å². The van der Waals surface area contributed by atoms with Crippen molar-refractivity contribution in [3.8, 4) is 17.2 Å². The number of esters is 1. The first-order valence-corrected chi connectivity index (χ1v) is 11.9. The number of fused-ring (bicyclic) bond motifs is 4. The van der Waals surface area contributed by atoms with Crippen LogP contribution in [0, 0.1) is 0 Å². The van der Waals surface area contributed by atoms with Crippen molar-refractivity contribution in [2.45, 2.75) is 38.6 Å². The molecule has 182 valence electrons. The average molecular weight is 476 g/mol. The molecule has 1 aromatic heterocycles. The molecule has 0 atom stereocenters. The Kier molecular flexibility index (Phi) is 6.81. The summed E-state index contributed by atoms with van der Waals surface area (Å²) >= 11 is 0. The summed E-state index contributed by atoms with van der Waals surface area (Å²) in [7, 11) is 1.33. The maximum atomic E-state index is 11.7. The largest absolute Gasteiger partial charge is 0.508 e. The summed E-state index contributed by atoms with van der Waals surface area (Å²) in [6.45, 7) is 2.62. The third-order valence-electron chi connectivity index (χ3n) is 6.63. The van der Waals surface area contributed by atoms with E-state index in [2.05, 4.69) is 33.1 Å². The fourth-order valence-electron chi connectivity index (χ4n) is 4.68. The Morgan fingerprint density at radius 1 is 0.971 bits per heavy atom. The van der Waals surface area contributed by atoms with Gasteiger partial charge in [0, 0.05) is 13.1 Å². The van der Waals surface area contributed by atoms with Gasteiger partial charge in [-0.05, 0) is 79.1 Å². The highest BCUT2D eigenvalue weighted by Crippen LogP contribution is 2.36. The predicted octanol–water partition coefficient (Wildman–Crippen LogP) is 3.47. The van der Waals surface area contributed by atoms with E-state index in [1.807, 2.05) is 6.07 Å². The van der Waals surface area contributed by atoms with Crippen LogP contribution >= 0.6 is 0 Å². The van der Waals surface area contributed by atoms with Gasteiger partial charge in [-0.15, -0.1) is 0 Å². The summed E-state index contributed by atoms with van der Waals surface area (Å²) in [5, 5.41) is 10.5. The predicted molar refractivity (Wildman–Crippen MR) is 129 cm³/mol. The zero-order valence-corrected chi connectivity index (χ0v) is 19.8. The van der Waals surface area contributed by atoms with Crippen molar-refractivity contribution in [1.82, 2.24) is 14.9 Å². The molecule has 3 heterocycles. The standard InChI is InChI=1S/C27H29N3O5/c1-33-27(32)23-15-28-22(14-29-23)16-30-9-2-3-19-12-25-26(35-17-34-25)13-20(19)5-6-21-11-18(8-10-30)4-7-24(21)31/h4,7,11-15,31H,2-3,5-6,8-10,16-17H2,1H3. The molecule has 0 radical (unpaired) electrons. The zero-order valence-electron chi connectivity index (χ0n) is 19.8. The Morgan fingerprint density at radius 2 is 1.74 bits per heavy atom. The zero-order chi connectivity index (χ0) is 24.2. The number of phenolic OH excluding ortho intramolecular Hbond substituents is 1. The second kappa shape index (κ2) is 10.3. The van der Waals surface area contributed by atoms with Gasteiger partial charge in [0.15, 0.2) is 17.2 Å². The van der Waals surface area contributed by atoms with Crippen LogP contribution in [0.15, 0.2) is 42.7 Å². The first-order valence-electron chi connectivity index (χ1n) is 11.9. The van der Waals surface area contributed by atoms with E-state index in [0.717, 1.165) is 68.0 Å². The maximum Gasteiger partial charge on any atom is 0.358 e. The second-order valence-corrected chi connectivity index (χ2v) is 8.95. The van der Waals surface area contributed by atoms with Crippen LogP contribution in [0.1, 0.15) is 44.9 Å². The number of hydrogen-bond donors (Lipinski definition) is 1. The number of benzene rings is 2. The van der Waals surface area contributed by atoms with Crippen molar-refractivity contribution in [2.24, 2.45) is 0 Å². The molecular weight excluding hydrogens is 446 g/mol. The highest BCUT2D eigenvalue weighted by molar-refractivity contribution is 5.86. The summed E-state index contributed by atoms with van der Waals surface area (Å²) < 4.78 is 16.0. The summed E-state index contributed by atoms with van der Waals surface area (Å²) in [6, 6.07) is 10.1. The minimum absolute atomic E-state index is 0.202. The van der Waals surface area contributed by atoms with E-state index < -0.39 is 5.97 Å². The molecular formula is C27H29N3O5. The molecule has 0 aliphatic carbocycles. The van der Waals surface area contributed by atoms with Crippen LogP contribution in [-0.2, 0) is 37.0 Å². The third-order valence-corrected chi connectivity index (χ3v) is 6.63. The van der Waals surface area contributed by atoms with Gasteiger partial charge in [-0.1, -0.05) is 12.1 Å². The van der Waals surface area contributed by atoms with Crippen molar-refractivity contribution < 1.29 is 24.1 Å². The fourth-order valence-corrected chi connectivity index (χ4v) is 4.68. The molecule has 8 nitrogen and oxygen atoms in total. The van der Waals surface area contributed by atoms with E-state index in [0.29, 0.717) is 12.3 Å². The molecule has 8 heteroatoms. The molecule has 35 heavy (non-hydrogen) atoms. The van der Waals surface area contributed by atoms with Gasteiger partial charge in [0.2, 0.25) is 6.79 Å². The van der Waals surface area contributed by atoms with Crippen LogP contribution in [0.5, 0.6) is 17.2 Å². The Morgan fingerprint density at radius 3 is 2.49 bits per heavy atom. The number of nitrogens with zero attached hydrogens (tertiary/aromatic N) is 3. The molecule has 0 saturated heterocycles. The number of ether oxygens (including phenoxy) is 3. The second-order valence-electron chi connectivity index (χ2n) is 8.95. The van der Waals surface area contributed by atoms with Crippen LogP contribution in [0.3, 0.4) is 0 Å². The number of aryl methyl sites for hydroxylation is 3. The number of phenols is 1. The quantitative estimate of drug-likeness (QED) is 0.576. The topological polar surface area (TPSA) is 94.0 Å². The summed E-state index contributed by atoms with van der Waals surface area (Å²) in [6.07, 6.45) is 7.45. The Hall–Kier alpha value is -3.65. The van der Waals surface area contributed by atoms with E-state index in [-0.39, 0.29) is 12.5 Å². The monoisotopic (exact) mass is 475 g/mol. The van der Waals surface area contributed by atoms with Crippen LogP contribution in [0.25, 0.3) is 0 Å². The maximum absolute atomic E-state index is 11.7. The van der Waals surface area contributed by atoms with Crippen molar-refractivity contribution in [2.75, 3.05) is 27.0 Å². The molecule has 1 N–H and O–H groups in total. The Labute approximate surface area is 204 Å². The average Bonchev–Trinajstić information content (AvgIpc) is 3.34. The van der Waals surface area contributed by atoms with Crippen LogP contribution < -0.4 is 9.47 Å². The van der Waals surface area contributed by atoms with Gasteiger partial charge in [0.1, 0.15) is 5.75 Å². The molecule has 0 fully saturated rings. The van der Waals surface area contributed by atoms with Gasteiger partial charge < -0.3 is 19.3 Å². The normalized spacial score (nSPS) is 15.9. The van der Waals surface area contributed by atoms with Crippen molar-refractivity contribution in [3.63, 3.8) is 0 Å². The number of carbonyl (C=O) groups excluding carboxylic acids is 1. The van der Waals surface area contributed by atoms with Crippen LogP contribution in [0.4, 0.5) is 0 Å². The Balaban J connectivity index is 1.39. The van der Waals surface area contributed by atoms with Gasteiger partial charge in [-0.2, -0.15) is 0 Å². The van der Waals surface area contributed by atoms with Gasteiger partial charge in [0.25, 0.3) is 0 Å². The van der Waals surface area contributed by atoms with Gasteiger partial charge in [0.05, 0.1) is 25.2 Å². The lowest BCUT2D eigenvalue weighted by atomic mass is 9.95. The first-order chi connectivity index (χ1) is 17.1. The minimum atomic E-state index is -0.492. The number of methoxy groups -OCH3 is 1. The SMILES string of the molecule is COC(=O)c1cnc(CN2CCCc3cc4c(cc3CCc3cc(ccc3O)CC2)OCO4)cn1. The summed E-state index contributed by atoms with van der Waals surface area (Å²) in [5.74, 6) is 1.44. The highest BCUT2D eigenvalue weighted by Gasteiger charge is 2.19. The van der Waals surface area contributed by atoms with Crippen molar-refractivity contribution in [3.05, 3.63) is 76.4 Å². The summed E-state index contributed by atoms with van der Waals surface area (Å²) in [4.78, 5) is 22.7. The van der Waals surface area contributed by atoms with Crippen LogP contribution in [0.2, 0.25) is 0 Å². The molecule has 0 spiro atoms. The highest BCUT2D eigenvalue weighted by atomic mass is 16.7. The van der Waals surface area contributed by atoms with E-state index in [1.165, 1.54) is 30.0 Å². The molecule has 2 aromatic carbocycles. The van der Waals surface area contributed by atoms with E-state index in [4.69, 9.17) is 14.2 Å². The number of rotatable bonds is 3. The molecule has 0 saturated carbocycles. The lowest BCUT2D eigenvalue weighted by molar-refractivity contribution is 0.0593. The number of hydrogen-bond acceptors (Lipinski definition) is 8. The third kappa shape index (κ3) is 5.38. The minimum Gasteiger partial charge on any atom is -0.508 e. The molecule has 0 unspecified atom stereocenters. The number of aromatic hydroxyl groups is 1. The fraction of sp³-hybridized carbons (Fsp3) is 0.370. The van der Waals surface area contributed by atoms with Crippen molar-refractivity contribution >= 4 is 5.97 Å². The molecule has 2 bridgehead atoms. The molecule has 0 amide bonds. The summed E-state index contributed by atoms with van der Waals surface area (Å²) in [5.41, 5.74) is 5.65. The molecule has 3 aromatic rings. The molecule has 2 aliphatic heterocycles. The first kappa shape index (κ1) is 23.1. The van der Waals surface area contributed by atoms with Crippen LogP contribution in [-0.4, -0.2) is 52.9 Å². The van der Waals surface area contributed by atoms with E-state index >= 15 is 0 Å². The van der Waals surface area contributed by atoms with Gasteiger partial charge in [-0.3, -0.25) is 9.88 Å². The molecule has 5 rings (SSSR count). The smallest absolute Gasteiger partial charge is 0.358 e. The van der Waals surface area contributed by atoms with Gasteiger partial charge >= 0.3 is 5.97 Å². The lowest BCUT2D eigenvalue weighted by Crippen LogP contribution is -2.28. The van der Waals surface area contributed by atoms with Crippen molar-refractivity contribution in [1.29, 1.82) is 0 Å². The lowest BCUT2D eigenvalue weighted by Gasteiger charge is -2.22.